The summed E-state index contributed by atoms with van der Waals surface area (Å²) in [5.74, 6) is 0. The molecule has 5 aromatic rings. The summed E-state index contributed by atoms with van der Waals surface area (Å²) in [6.45, 7) is 0. The van der Waals surface area contributed by atoms with Crippen LogP contribution in [0.25, 0.3) is 21.3 Å². The second-order valence-corrected chi connectivity index (χ2v) is 11.9. The molecule has 0 atom stereocenters. The van der Waals surface area contributed by atoms with Crippen LogP contribution in [0.5, 0.6) is 0 Å². The third-order valence-electron chi connectivity index (χ3n) is 5.98. The Bertz CT molecular complexity index is 1300. The predicted molar refractivity (Wildman–Crippen MR) is 183 cm³/mol. The average molecular weight is 651 g/mol. The molecule has 0 saturated carbocycles. The predicted octanol–water partition coefficient (Wildman–Crippen LogP) is 10.8. The third-order valence-corrected chi connectivity index (χ3v) is 8.75. The first kappa shape index (κ1) is 35.1. The number of para-hydroxylation sites is 4. The molecule has 6 heteroatoms. The van der Waals surface area contributed by atoms with Crippen molar-refractivity contribution >= 4 is 36.0 Å². The van der Waals surface area contributed by atoms with Crippen molar-refractivity contribution in [1.82, 2.24) is 0 Å². The minimum atomic E-state index is -0.974. The Balaban J connectivity index is 0.000000813. The van der Waals surface area contributed by atoms with E-state index >= 15 is 0 Å². The molecule has 0 aliphatic rings. The van der Waals surface area contributed by atoms with E-state index in [2.05, 4.69) is 114 Å². The van der Waals surface area contributed by atoms with E-state index in [9.17, 15) is 0 Å². The molecule has 4 nitrogen and oxygen atoms in total. The molecule has 0 aliphatic carbocycles. The molecule has 0 heterocycles. The molecule has 0 unspecified atom stereocenters. The van der Waals surface area contributed by atoms with Gasteiger partial charge in [-0.05, 0) is 23.3 Å². The second kappa shape index (κ2) is 20.8. The topological polar surface area (TPSA) is 56.4 Å². The van der Waals surface area contributed by atoms with Crippen molar-refractivity contribution in [2.75, 3.05) is 28.2 Å². The summed E-state index contributed by atoms with van der Waals surface area (Å²) in [6.07, 6.45) is 2.00. The maximum Gasteiger partial charge on any atom is 4.00 e. The zero-order valence-corrected chi connectivity index (χ0v) is 28.4. The van der Waals surface area contributed by atoms with Crippen LogP contribution in [0.15, 0.2) is 140 Å². The molecular weight excluding hydrogens is 611 g/mol. The van der Waals surface area contributed by atoms with Gasteiger partial charge in [0.2, 0.25) is 0 Å². The van der Waals surface area contributed by atoms with Gasteiger partial charge in [0.05, 0.1) is 17.6 Å². The van der Waals surface area contributed by atoms with Gasteiger partial charge in [0.15, 0.2) is 0 Å². The van der Waals surface area contributed by atoms with Gasteiger partial charge < -0.3 is 21.3 Å². The standard InChI is InChI=1S/C32H27N2P.2C2H6N.Zr/c1-4-16-28(17-5-1)33-31-22-12-10-14-26(31)24-35(30-20-8-3-9-21-30)25-27-15-11-13-23-32(27)34-29-18-6-2-7-19-29;2*1-3-2;/h1-23H,24-25H2;2*1-2H3;/q-2;2*-1;+4/p+1. The normalized spacial score (nSPS) is 9.83. The Hall–Kier alpha value is -3.07. The summed E-state index contributed by atoms with van der Waals surface area (Å²) in [4.78, 5) is 0. The van der Waals surface area contributed by atoms with Crippen LogP contribution < -0.4 is 5.30 Å². The monoisotopic (exact) mass is 649 g/mol. The molecule has 0 aliphatic heterocycles. The summed E-state index contributed by atoms with van der Waals surface area (Å²) < 4.78 is 0. The van der Waals surface area contributed by atoms with Gasteiger partial charge in [0.1, 0.15) is 0 Å². The zero-order valence-electron chi connectivity index (χ0n) is 25.0. The van der Waals surface area contributed by atoms with E-state index in [1.165, 1.54) is 16.4 Å². The van der Waals surface area contributed by atoms with Crippen molar-refractivity contribution in [3.8, 4) is 0 Å². The first-order valence-electron chi connectivity index (χ1n) is 13.7. The minimum absolute atomic E-state index is 0. The Morgan fingerprint density at radius 1 is 0.429 bits per heavy atom. The number of rotatable bonds is 9. The van der Waals surface area contributed by atoms with Crippen LogP contribution in [0.1, 0.15) is 11.1 Å². The van der Waals surface area contributed by atoms with Crippen LogP contribution in [0.2, 0.25) is 0 Å². The first-order chi connectivity index (χ1) is 20.2. The molecule has 5 rings (SSSR count). The third kappa shape index (κ3) is 12.0. The molecule has 0 amide bonds. The summed E-state index contributed by atoms with van der Waals surface area (Å²) >= 11 is 0. The maximum atomic E-state index is 4.97. The Kier molecular flexibility index (Phi) is 17.4. The number of benzene rings is 5. The van der Waals surface area contributed by atoms with Gasteiger partial charge in [-0.3, -0.25) is 0 Å². The van der Waals surface area contributed by atoms with Gasteiger partial charge in [-0.15, -0.1) is 22.7 Å². The van der Waals surface area contributed by atoms with E-state index in [4.69, 9.17) is 10.6 Å². The molecule has 0 fully saturated rings. The van der Waals surface area contributed by atoms with Crippen LogP contribution >= 0.6 is 7.92 Å². The van der Waals surface area contributed by atoms with Crippen molar-refractivity contribution in [3.05, 3.63) is 172 Å². The fraction of sp³-hybridized carbons (Fsp3) is 0.167. The molecule has 0 radical (unpaired) electrons. The van der Waals surface area contributed by atoms with Gasteiger partial charge >= 0.3 is 26.2 Å². The van der Waals surface area contributed by atoms with Gasteiger partial charge in [0, 0.05) is 7.92 Å². The fourth-order valence-corrected chi connectivity index (χ4v) is 6.94. The minimum Gasteiger partial charge on any atom is -0.668 e. The summed E-state index contributed by atoms with van der Waals surface area (Å²) in [5, 5.41) is 18.4. The van der Waals surface area contributed by atoms with Crippen LogP contribution in [0, 0.1) is 0 Å². The van der Waals surface area contributed by atoms with E-state index in [0.717, 1.165) is 35.1 Å². The largest absolute Gasteiger partial charge is 4.00 e. The fourth-order valence-electron chi connectivity index (χ4n) is 4.22. The molecule has 42 heavy (non-hydrogen) atoms. The average Bonchev–Trinajstić information content (AvgIpc) is 3.01. The van der Waals surface area contributed by atoms with E-state index in [1.54, 1.807) is 28.2 Å². The quantitative estimate of drug-likeness (QED) is 0.143. The summed E-state index contributed by atoms with van der Waals surface area (Å²) in [6, 6.07) is 48.5. The molecule has 0 saturated heterocycles. The van der Waals surface area contributed by atoms with Crippen molar-refractivity contribution in [3.63, 3.8) is 0 Å². The Morgan fingerprint density at radius 2 is 0.738 bits per heavy atom. The molecule has 0 aromatic heterocycles. The summed E-state index contributed by atoms with van der Waals surface area (Å²) in [5.41, 5.74) is 6.68. The molecule has 212 valence electrons. The molecule has 0 N–H and O–H groups in total. The Morgan fingerprint density at radius 3 is 1.12 bits per heavy atom. The van der Waals surface area contributed by atoms with Crippen LogP contribution in [-0.4, -0.2) is 28.2 Å². The van der Waals surface area contributed by atoms with E-state index in [1.807, 2.05) is 36.4 Å². The first-order valence-corrected chi connectivity index (χ1v) is 15.6. The van der Waals surface area contributed by atoms with Crippen molar-refractivity contribution in [1.29, 1.82) is 0 Å². The van der Waals surface area contributed by atoms with Crippen molar-refractivity contribution in [2.45, 2.75) is 12.3 Å². The SMILES string of the molecule is C[N-]C.C[N-]C.[Zr+4].c1ccc([N-]c2ccccc2C[PH+](Cc2ccccc2[N-]c2ccccc2)c2ccccc2)cc1. The van der Waals surface area contributed by atoms with Crippen LogP contribution in [-0.2, 0) is 38.5 Å². The van der Waals surface area contributed by atoms with E-state index in [0.29, 0.717) is 0 Å². The zero-order chi connectivity index (χ0) is 29.1. The van der Waals surface area contributed by atoms with Gasteiger partial charge in [-0.25, -0.2) is 0 Å². The van der Waals surface area contributed by atoms with Gasteiger partial charge in [0.25, 0.3) is 0 Å². The molecular formula is C36H40N4PZr+. The van der Waals surface area contributed by atoms with Crippen molar-refractivity contribution in [2.24, 2.45) is 0 Å². The van der Waals surface area contributed by atoms with Crippen LogP contribution in [0.3, 0.4) is 0 Å². The molecule has 0 spiro atoms. The smallest absolute Gasteiger partial charge is 0.668 e. The maximum absolute atomic E-state index is 4.97. The van der Waals surface area contributed by atoms with Crippen LogP contribution in [0.4, 0.5) is 22.7 Å². The summed E-state index contributed by atoms with van der Waals surface area (Å²) in [7, 11) is 6.03. The van der Waals surface area contributed by atoms with Gasteiger partial charge in [-0.2, -0.15) is 28.2 Å². The Labute approximate surface area is 273 Å². The van der Waals surface area contributed by atoms with E-state index < -0.39 is 7.92 Å². The molecule has 0 bridgehead atoms. The number of hydrogen-bond acceptors (Lipinski definition) is 0. The molecule has 5 aromatic carbocycles. The van der Waals surface area contributed by atoms with E-state index in [-0.39, 0.29) is 26.2 Å². The van der Waals surface area contributed by atoms with Crippen molar-refractivity contribution < 1.29 is 26.2 Å². The number of nitrogens with zero attached hydrogens (tertiary/aromatic N) is 4. The van der Waals surface area contributed by atoms with Gasteiger partial charge in [-0.1, -0.05) is 127 Å². The number of hydrogen-bond donors (Lipinski definition) is 0. The second-order valence-electron chi connectivity index (χ2n) is 9.37.